The van der Waals surface area contributed by atoms with Crippen LogP contribution in [-0.2, 0) is 6.42 Å². The molecule has 1 aromatic rings. The minimum absolute atomic E-state index is 0.688. The topological polar surface area (TPSA) is 21.3 Å². The van der Waals surface area contributed by atoms with E-state index in [0.29, 0.717) is 5.92 Å². The van der Waals surface area contributed by atoms with Crippen LogP contribution < -0.4 is 10.1 Å². The van der Waals surface area contributed by atoms with Crippen LogP contribution in [0.25, 0.3) is 0 Å². The fraction of sp³-hybridized carbons (Fsp3) is 0.667. The van der Waals surface area contributed by atoms with E-state index in [2.05, 4.69) is 44.3 Å². The first-order valence-electron chi connectivity index (χ1n) is 8.03. The van der Waals surface area contributed by atoms with Crippen molar-refractivity contribution in [3.63, 3.8) is 0 Å². The molecule has 0 aliphatic carbocycles. The lowest BCUT2D eigenvalue weighted by Crippen LogP contribution is -2.26. The molecule has 2 atom stereocenters. The number of para-hydroxylation sites is 1. The van der Waals surface area contributed by atoms with Gasteiger partial charge in [-0.2, -0.15) is 0 Å². The van der Waals surface area contributed by atoms with Gasteiger partial charge in [0.25, 0.3) is 0 Å². The summed E-state index contributed by atoms with van der Waals surface area (Å²) in [4.78, 5) is 0. The van der Waals surface area contributed by atoms with Gasteiger partial charge < -0.3 is 10.1 Å². The van der Waals surface area contributed by atoms with Crippen LogP contribution in [0.3, 0.4) is 0 Å². The van der Waals surface area contributed by atoms with Crippen LogP contribution in [0.4, 0.5) is 0 Å². The van der Waals surface area contributed by atoms with Crippen LogP contribution in [-0.4, -0.2) is 20.2 Å². The SMILES string of the molecule is CCCNCC(Cc1ccccc1OC)CC(C)CC. The highest BCUT2D eigenvalue weighted by molar-refractivity contribution is 5.33. The number of ether oxygens (including phenoxy) is 1. The van der Waals surface area contributed by atoms with Gasteiger partial charge in [-0.1, -0.05) is 45.4 Å². The average molecular weight is 277 g/mol. The summed E-state index contributed by atoms with van der Waals surface area (Å²) in [6.45, 7) is 9.08. The number of hydrogen-bond acceptors (Lipinski definition) is 2. The third kappa shape index (κ3) is 5.96. The average Bonchev–Trinajstić information content (AvgIpc) is 2.47. The third-order valence-electron chi connectivity index (χ3n) is 3.99. The Morgan fingerprint density at radius 3 is 2.60 bits per heavy atom. The van der Waals surface area contributed by atoms with Gasteiger partial charge >= 0.3 is 0 Å². The Morgan fingerprint density at radius 1 is 1.20 bits per heavy atom. The largest absolute Gasteiger partial charge is 0.496 e. The van der Waals surface area contributed by atoms with Crippen LogP contribution >= 0.6 is 0 Å². The van der Waals surface area contributed by atoms with Gasteiger partial charge in [0, 0.05) is 0 Å². The maximum atomic E-state index is 5.48. The van der Waals surface area contributed by atoms with Crippen LogP contribution in [0.2, 0.25) is 0 Å². The lowest BCUT2D eigenvalue weighted by molar-refractivity contribution is 0.355. The summed E-state index contributed by atoms with van der Waals surface area (Å²) in [5.74, 6) is 2.50. The lowest BCUT2D eigenvalue weighted by atomic mass is 9.88. The first-order valence-corrected chi connectivity index (χ1v) is 8.03. The van der Waals surface area contributed by atoms with Gasteiger partial charge in [-0.15, -0.1) is 0 Å². The molecule has 0 aliphatic rings. The second-order valence-corrected chi connectivity index (χ2v) is 5.84. The number of rotatable bonds is 10. The Balaban J connectivity index is 2.66. The van der Waals surface area contributed by atoms with Crippen LogP contribution in [0.1, 0.15) is 45.6 Å². The van der Waals surface area contributed by atoms with E-state index in [4.69, 9.17) is 4.74 Å². The van der Waals surface area contributed by atoms with Crippen molar-refractivity contribution in [1.29, 1.82) is 0 Å². The van der Waals surface area contributed by atoms with Crippen LogP contribution in [0, 0.1) is 11.8 Å². The molecule has 20 heavy (non-hydrogen) atoms. The first kappa shape index (κ1) is 17.0. The van der Waals surface area contributed by atoms with Crippen molar-refractivity contribution < 1.29 is 4.74 Å². The smallest absolute Gasteiger partial charge is 0.122 e. The molecule has 2 heteroatoms. The van der Waals surface area contributed by atoms with E-state index in [1.165, 1.54) is 24.8 Å². The van der Waals surface area contributed by atoms with Crippen molar-refractivity contribution in [2.45, 2.75) is 46.5 Å². The highest BCUT2D eigenvalue weighted by Crippen LogP contribution is 2.24. The Morgan fingerprint density at radius 2 is 1.95 bits per heavy atom. The first-order chi connectivity index (χ1) is 9.71. The molecule has 0 spiro atoms. The maximum Gasteiger partial charge on any atom is 0.122 e. The number of hydrogen-bond donors (Lipinski definition) is 1. The summed E-state index contributed by atoms with van der Waals surface area (Å²) < 4.78 is 5.48. The van der Waals surface area contributed by atoms with E-state index < -0.39 is 0 Å². The molecule has 0 aromatic heterocycles. The van der Waals surface area contributed by atoms with E-state index in [9.17, 15) is 0 Å². The normalized spacial score (nSPS) is 14.0. The van der Waals surface area contributed by atoms with E-state index in [1.807, 2.05) is 6.07 Å². The van der Waals surface area contributed by atoms with Crippen molar-refractivity contribution in [1.82, 2.24) is 5.32 Å². The molecule has 1 rings (SSSR count). The zero-order valence-corrected chi connectivity index (χ0v) is 13.6. The van der Waals surface area contributed by atoms with Gasteiger partial charge in [0.1, 0.15) is 5.75 Å². The van der Waals surface area contributed by atoms with Gasteiger partial charge in [-0.25, -0.2) is 0 Å². The standard InChI is InChI=1S/C18H31NO/c1-5-11-19-14-16(12-15(3)6-2)13-17-9-7-8-10-18(17)20-4/h7-10,15-16,19H,5-6,11-14H2,1-4H3. The number of nitrogens with one attached hydrogen (secondary N) is 1. The molecule has 114 valence electrons. The molecule has 0 amide bonds. The number of methoxy groups -OCH3 is 1. The summed E-state index contributed by atoms with van der Waals surface area (Å²) in [5, 5.41) is 3.58. The molecule has 1 N–H and O–H groups in total. The Kier molecular flexibility index (Phi) is 8.36. The molecule has 2 nitrogen and oxygen atoms in total. The lowest BCUT2D eigenvalue weighted by Gasteiger charge is -2.22. The fourth-order valence-electron chi connectivity index (χ4n) is 2.64. The van der Waals surface area contributed by atoms with Gasteiger partial charge in [-0.05, 0) is 55.8 Å². The van der Waals surface area contributed by atoms with Crippen molar-refractivity contribution >= 4 is 0 Å². The zero-order valence-electron chi connectivity index (χ0n) is 13.6. The maximum absolute atomic E-state index is 5.48. The van der Waals surface area contributed by atoms with Crippen molar-refractivity contribution in [3.8, 4) is 5.75 Å². The second-order valence-electron chi connectivity index (χ2n) is 5.84. The van der Waals surface area contributed by atoms with Crippen molar-refractivity contribution in [3.05, 3.63) is 29.8 Å². The number of benzene rings is 1. The monoisotopic (exact) mass is 277 g/mol. The molecule has 0 bridgehead atoms. The summed E-state index contributed by atoms with van der Waals surface area (Å²) in [6, 6.07) is 8.41. The van der Waals surface area contributed by atoms with Crippen LogP contribution in [0.5, 0.6) is 5.75 Å². The molecule has 0 fully saturated rings. The predicted molar refractivity (Wildman–Crippen MR) is 87.4 cm³/mol. The molecular formula is C18H31NO. The van der Waals surface area contributed by atoms with Gasteiger partial charge in [-0.3, -0.25) is 0 Å². The van der Waals surface area contributed by atoms with Crippen molar-refractivity contribution in [2.75, 3.05) is 20.2 Å². The molecule has 0 heterocycles. The van der Waals surface area contributed by atoms with Gasteiger partial charge in [0.2, 0.25) is 0 Å². The summed E-state index contributed by atoms with van der Waals surface area (Å²) >= 11 is 0. The van der Waals surface area contributed by atoms with E-state index >= 15 is 0 Å². The third-order valence-corrected chi connectivity index (χ3v) is 3.99. The molecule has 1 aromatic carbocycles. The predicted octanol–water partition coefficient (Wildman–Crippen LogP) is 4.29. The molecule has 2 unspecified atom stereocenters. The highest BCUT2D eigenvalue weighted by Gasteiger charge is 2.15. The van der Waals surface area contributed by atoms with Crippen molar-refractivity contribution in [2.24, 2.45) is 11.8 Å². The summed E-state index contributed by atoms with van der Waals surface area (Å²) in [6.07, 6.45) is 4.84. The minimum Gasteiger partial charge on any atom is -0.496 e. The zero-order chi connectivity index (χ0) is 14.8. The van der Waals surface area contributed by atoms with Gasteiger partial charge in [0.05, 0.1) is 7.11 Å². The van der Waals surface area contributed by atoms with Crippen LogP contribution in [0.15, 0.2) is 24.3 Å². The Labute approximate surface area is 124 Å². The van der Waals surface area contributed by atoms with Gasteiger partial charge in [0.15, 0.2) is 0 Å². The molecule has 0 saturated heterocycles. The molecule has 0 saturated carbocycles. The molecule has 0 radical (unpaired) electrons. The Hall–Kier alpha value is -1.02. The summed E-state index contributed by atoms with van der Waals surface area (Å²) in [7, 11) is 1.76. The Bertz CT molecular complexity index is 364. The quantitative estimate of drug-likeness (QED) is 0.644. The van der Waals surface area contributed by atoms with E-state index in [1.54, 1.807) is 7.11 Å². The van der Waals surface area contributed by atoms with E-state index in [-0.39, 0.29) is 0 Å². The molecular weight excluding hydrogens is 246 g/mol. The fourth-order valence-corrected chi connectivity index (χ4v) is 2.64. The second kappa shape index (κ2) is 9.82. The molecule has 0 aliphatic heterocycles. The minimum atomic E-state index is 0.688. The summed E-state index contributed by atoms with van der Waals surface area (Å²) in [5.41, 5.74) is 1.33. The highest BCUT2D eigenvalue weighted by atomic mass is 16.5. The van der Waals surface area contributed by atoms with E-state index in [0.717, 1.165) is 31.2 Å².